The maximum Gasteiger partial charge on any atom is 0.191 e. The van der Waals surface area contributed by atoms with E-state index in [0.29, 0.717) is 0 Å². The smallest absolute Gasteiger partial charge is 0.191 e. The highest BCUT2D eigenvalue weighted by Crippen LogP contribution is 2.36. The van der Waals surface area contributed by atoms with Crippen molar-refractivity contribution in [1.29, 1.82) is 0 Å². The van der Waals surface area contributed by atoms with Crippen molar-refractivity contribution >= 4 is 82.3 Å². The van der Waals surface area contributed by atoms with Crippen LogP contribution in [0.3, 0.4) is 0 Å². The summed E-state index contributed by atoms with van der Waals surface area (Å²) >= 11 is 0. The second-order valence-corrected chi connectivity index (χ2v) is 34.2. The zero-order valence-corrected chi connectivity index (χ0v) is 24.5. The zero-order chi connectivity index (χ0) is 24.7. The minimum atomic E-state index is -1.64. The largest absolute Gasteiger partial charge is 0.421 e. The summed E-state index contributed by atoms with van der Waals surface area (Å²) in [7, 11) is -3.82. The Morgan fingerprint density at radius 3 is 1.86 bits per heavy atom. The molecular weight excluding hydrogens is 485 g/mol. The van der Waals surface area contributed by atoms with Gasteiger partial charge in [0.15, 0.2) is 8.56 Å². The van der Waals surface area contributed by atoms with Gasteiger partial charge in [-0.25, -0.2) is 0 Å². The molecule has 1 saturated heterocycles. The van der Waals surface area contributed by atoms with E-state index in [1.54, 1.807) is 5.19 Å². The van der Waals surface area contributed by atoms with E-state index in [1.165, 1.54) is 59.9 Å². The van der Waals surface area contributed by atoms with Crippen LogP contribution in [0.5, 0.6) is 0 Å². The van der Waals surface area contributed by atoms with Crippen LogP contribution in [0.15, 0.2) is 91.0 Å². The number of hydrogen-bond donors (Lipinski definition) is 0. The first kappa shape index (κ1) is 22.4. The molecule has 1 heterocycles. The molecule has 0 bridgehead atoms. The van der Waals surface area contributed by atoms with Gasteiger partial charge in [0, 0.05) is 6.61 Å². The van der Waals surface area contributed by atoms with Crippen LogP contribution in [0.1, 0.15) is 0 Å². The van der Waals surface area contributed by atoms with Gasteiger partial charge in [-0.05, 0) is 103 Å². The van der Waals surface area contributed by atoms with Crippen molar-refractivity contribution in [3.63, 3.8) is 0 Å². The lowest BCUT2D eigenvalue weighted by Crippen LogP contribution is -2.74. The van der Waals surface area contributed by atoms with E-state index in [4.69, 9.17) is 4.43 Å². The summed E-state index contributed by atoms with van der Waals surface area (Å²) in [6, 6.07) is 36.1. The highest BCUT2D eigenvalue weighted by Gasteiger charge is 2.54. The lowest BCUT2D eigenvalue weighted by molar-refractivity contribution is 0.351. The molecule has 0 N–H and O–H groups in total. The molecule has 1 fully saturated rings. The minimum Gasteiger partial charge on any atom is -0.421 e. The molecule has 1 aliphatic heterocycles. The number of fused-ring (bicyclic) bond motifs is 6. The quantitative estimate of drug-likeness (QED) is 0.122. The van der Waals surface area contributed by atoms with Crippen LogP contribution < -0.4 is 5.19 Å². The molecule has 0 amide bonds. The molecule has 6 aromatic rings. The van der Waals surface area contributed by atoms with Crippen molar-refractivity contribution in [2.45, 2.75) is 32.2 Å². The number of benzene rings is 6. The van der Waals surface area contributed by atoms with E-state index in [2.05, 4.69) is 117 Å². The van der Waals surface area contributed by atoms with Crippen LogP contribution in [0.2, 0.25) is 32.2 Å². The van der Waals surface area contributed by atoms with Crippen molar-refractivity contribution in [2.24, 2.45) is 0 Å². The SMILES string of the molecule is C[Si]1OCC[Si](C)(c2cccc3cc4ccc5cc6cc7ccccc7cc6cc5c4cc23)[Si]1(C)C. The fourth-order valence-corrected chi connectivity index (χ4v) is 30.2. The third kappa shape index (κ3) is 3.15. The van der Waals surface area contributed by atoms with Gasteiger partial charge in [-0.3, -0.25) is 0 Å². The third-order valence-electron chi connectivity index (χ3n) is 9.43. The Labute approximate surface area is 216 Å². The fourth-order valence-electron chi connectivity index (χ4n) is 6.52. The van der Waals surface area contributed by atoms with Gasteiger partial charge in [-0.15, -0.1) is 0 Å². The summed E-state index contributed by atoms with van der Waals surface area (Å²) in [6.45, 7) is 11.3. The molecule has 1 atom stereocenters. The van der Waals surface area contributed by atoms with Gasteiger partial charge in [-0.1, -0.05) is 79.4 Å². The summed E-state index contributed by atoms with van der Waals surface area (Å²) < 4.78 is 6.32. The second-order valence-electron chi connectivity index (χ2n) is 11.4. The van der Waals surface area contributed by atoms with E-state index >= 15 is 0 Å². The van der Waals surface area contributed by atoms with E-state index in [-0.39, 0.29) is 0 Å². The molecule has 0 spiro atoms. The van der Waals surface area contributed by atoms with E-state index < -0.39 is 23.3 Å². The standard InChI is InChI=1S/C32H31OSi3/c1-34-33-14-15-36(4,35(34,2)3)32-11-7-10-24-18-25-12-13-26-19-27-16-22-8-5-6-9-23(22)17-28(27)20-29(26)30(25)21-31(24)32/h5-13,16-21H,14-15H2,1-4H3. The Morgan fingerprint density at radius 2 is 1.14 bits per heavy atom. The van der Waals surface area contributed by atoms with Gasteiger partial charge < -0.3 is 4.43 Å². The predicted molar refractivity (Wildman–Crippen MR) is 165 cm³/mol. The van der Waals surface area contributed by atoms with Crippen molar-refractivity contribution < 1.29 is 4.43 Å². The van der Waals surface area contributed by atoms with Crippen LogP contribution in [0, 0.1) is 0 Å². The van der Waals surface area contributed by atoms with Crippen molar-refractivity contribution in [1.82, 2.24) is 0 Å². The average Bonchev–Trinajstić information content (AvgIpc) is 2.88. The van der Waals surface area contributed by atoms with Gasteiger partial charge in [0.05, 0.1) is 14.7 Å². The van der Waals surface area contributed by atoms with Crippen LogP contribution >= 0.6 is 0 Å². The maximum atomic E-state index is 6.32. The lowest BCUT2D eigenvalue weighted by Gasteiger charge is -2.48. The summed E-state index contributed by atoms with van der Waals surface area (Å²) in [5.74, 6) is 0. The Hall–Kier alpha value is -2.77. The number of rotatable bonds is 1. The minimum absolute atomic E-state index is 0.708. The monoisotopic (exact) mass is 515 g/mol. The molecule has 1 unspecified atom stereocenters. The lowest BCUT2D eigenvalue weighted by atomic mass is 9.95. The van der Waals surface area contributed by atoms with Crippen molar-refractivity contribution in [3.05, 3.63) is 91.0 Å². The Morgan fingerprint density at radius 1 is 0.583 bits per heavy atom. The summed E-state index contributed by atoms with van der Waals surface area (Å²) in [6.07, 6.45) is 0. The van der Waals surface area contributed by atoms with Crippen LogP contribution in [-0.4, -0.2) is 29.9 Å². The van der Waals surface area contributed by atoms with Crippen LogP contribution in [0.4, 0.5) is 0 Å². The van der Waals surface area contributed by atoms with Gasteiger partial charge >= 0.3 is 0 Å². The highest BCUT2D eigenvalue weighted by atomic mass is 29.6. The van der Waals surface area contributed by atoms with Gasteiger partial charge in [-0.2, -0.15) is 0 Å². The van der Waals surface area contributed by atoms with Crippen LogP contribution in [0.25, 0.3) is 53.9 Å². The van der Waals surface area contributed by atoms with E-state index in [1.807, 2.05) is 0 Å². The molecule has 0 aromatic heterocycles. The topological polar surface area (TPSA) is 9.23 Å². The summed E-state index contributed by atoms with van der Waals surface area (Å²) in [4.78, 5) is 0. The van der Waals surface area contributed by atoms with E-state index in [9.17, 15) is 0 Å². The van der Waals surface area contributed by atoms with Gasteiger partial charge in [0.1, 0.15) is 0 Å². The normalized spacial score (nSPS) is 20.7. The molecule has 4 heteroatoms. The first-order chi connectivity index (χ1) is 17.3. The molecule has 0 saturated carbocycles. The van der Waals surface area contributed by atoms with Gasteiger partial charge in [0.2, 0.25) is 0 Å². The third-order valence-corrected chi connectivity index (χ3v) is 41.1. The first-order valence-corrected chi connectivity index (χ1v) is 22.7. The molecule has 1 aliphatic rings. The summed E-state index contributed by atoms with van der Waals surface area (Å²) in [5.41, 5.74) is 0. The molecule has 6 aromatic carbocycles. The fraction of sp³-hybridized carbons (Fsp3) is 0.188. The zero-order valence-electron chi connectivity index (χ0n) is 21.5. The van der Waals surface area contributed by atoms with E-state index in [0.717, 1.165) is 6.61 Å². The Kier molecular flexibility index (Phi) is 4.90. The first-order valence-electron chi connectivity index (χ1n) is 13.0. The molecule has 1 nitrogen and oxygen atoms in total. The molecule has 7 rings (SSSR count). The molecular formula is C32H31OSi3. The van der Waals surface area contributed by atoms with Gasteiger partial charge in [0.25, 0.3) is 0 Å². The average molecular weight is 516 g/mol. The number of hydrogen-bond acceptors (Lipinski definition) is 1. The summed E-state index contributed by atoms with van der Waals surface area (Å²) in [5, 5.41) is 15.2. The van der Waals surface area contributed by atoms with Crippen molar-refractivity contribution in [3.8, 4) is 0 Å². The maximum absolute atomic E-state index is 6.32. The molecule has 177 valence electrons. The van der Waals surface area contributed by atoms with Crippen molar-refractivity contribution in [2.75, 3.05) is 6.61 Å². The Balaban J connectivity index is 1.53. The Bertz CT molecular complexity index is 1840. The second kappa shape index (κ2) is 7.86. The molecule has 1 radical (unpaired) electrons. The predicted octanol–water partition coefficient (Wildman–Crippen LogP) is 8.25. The van der Waals surface area contributed by atoms with Crippen LogP contribution in [-0.2, 0) is 4.43 Å². The highest BCUT2D eigenvalue weighted by molar-refractivity contribution is 7.66. The molecule has 36 heavy (non-hydrogen) atoms. The molecule has 0 aliphatic carbocycles.